The first-order valence-electron chi connectivity index (χ1n) is 5.41. The summed E-state index contributed by atoms with van der Waals surface area (Å²) in [5.41, 5.74) is 0.767. The normalized spacial score (nSPS) is 17.8. The SMILES string of the molecule is N#CC1c2c(Cl)ccc(Cl)c2C(=O)N1CCCO. The van der Waals surface area contributed by atoms with Crippen molar-refractivity contribution < 1.29 is 9.90 Å². The van der Waals surface area contributed by atoms with E-state index in [4.69, 9.17) is 28.3 Å². The molecule has 1 atom stereocenters. The van der Waals surface area contributed by atoms with Crippen molar-refractivity contribution in [1.82, 2.24) is 4.90 Å². The first kappa shape index (κ1) is 13.2. The highest BCUT2D eigenvalue weighted by molar-refractivity contribution is 6.37. The minimum absolute atomic E-state index is 0.0419. The maximum absolute atomic E-state index is 12.2. The Balaban J connectivity index is 2.50. The van der Waals surface area contributed by atoms with Crippen LogP contribution in [0, 0.1) is 11.3 Å². The highest BCUT2D eigenvalue weighted by atomic mass is 35.5. The van der Waals surface area contributed by atoms with Crippen LogP contribution >= 0.6 is 23.2 Å². The average molecular weight is 285 g/mol. The number of halogens is 2. The number of benzene rings is 1. The lowest BCUT2D eigenvalue weighted by Crippen LogP contribution is -2.29. The molecule has 2 rings (SSSR count). The van der Waals surface area contributed by atoms with E-state index in [0.717, 1.165) is 0 Å². The van der Waals surface area contributed by atoms with Crippen LogP contribution in [0.4, 0.5) is 0 Å². The van der Waals surface area contributed by atoms with Gasteiger partial charge in [0.2, 0.25) is 0 Å². The van der Waals surface area contributed by atoms with E-state index in [1.165, 1.54) is 4.90 Å². The molecule has 0 bridgehead atoms. The second-order valence-electron chi connectivity index (χ2n) is 3.93. The number of fused-ring (bicyclic) bond motifs is 1. The van der Waals surface area contributed by atoms with Gasteiger partial charge in [0.15, 0.2) is 0 Å². The number of nitriles is 1. The Morgan fingerprint density at radius 2 is 2.06 bits per heavy atom. The van der Waals surface area contributed by atoms with Gasteiger partial charge in [0.25, 0.3) is 5.91 Å². The second-order valence-corrected chi connectivity index (χ2v) is 4.74. The molecule has 0 saturated carbocycles. The lowest BCUT2D eigenvalue weighted by molar-refractivity contribution is 0.0746. The van der Waals surface area contributed by atoms with E-state index in [9.17, 15) is 10.1 Å². The number of amides is 1. The summed E-state index contributed by atoms with van der Waals surface area (Å²) in [5.74, 6) is -0.308. The number of aliphatic hydroxyl groups excluding tert-OH is 1. The van der Waals surface area contributed by atoms with E-state index >= 15 is 0 Å². The maximum atomic E-state index is 12.2. The molecule has 1 aliphatic heterocycles. The minimum Gasteiger partial charge on any atom is -0.396 e. The van der Waals surface area contributed by atoms with Crippen LogP contribution in [0.15, 0.2) is 12.1 Å². The van der Waals surface area contributed by atoms with Crippen LogP contribution in [0.5, 0.6) is 0 Å². The summed E-state index contributed by atoms with van der Waals surface area (Å²) in [4.78, 5) is 13.6. The van der Waals surface area contributed by atoms with Crippen LogP contribution in [0.25, 0.3) is 0 Å². The van der Waals surface area contributed by atoms with E-state index < -0.39 is 6.04 Å². The molecule has 1 aromatic rings. The van der Waals surface area contributed by atoms with Gasteiger partial charge in [-0.1, -0.05) is 23.2 Å². The molecule has 1 N–H and O–H groups in total. The lowest BCUT2D eigenvalue weighted by Gasteiger charge is -2.19. The molecule has 18 heavy (non-hydrogen) atoms. The standard InChI is InChI=1S/C12H10Cl2N2O2/c13-7-2-3-8(14)11-10(7)9(6-15)16(12(11)18)4-1-5-17/h2-3,9,17H,1,4-5H2. The summed E-state index contributed by atoms with van der Waals surface area (Å²) >= 11 is 12.0. The molecule has 0 aliphatic carbocycles. The van der Waals surface area contributed by atoms with Crippen molar-refractivity contribution >= 4 is 29.1 Å². The van der Waals surface area contributed by atoms with Gasteiger partial charge in [-0.05, 0) is 18.6 Å². The lowest BCUT2D eigenvalue weighted by atomic mass is 10.1. The molecule has 1 unspecified atom stereocenters. The Hall–Kier alpha value is -1.28. The molecule has 1 heterocycles. The van der Waals surface area contributed by atoms with Crippen molar-refractivity contribution in [3.8, 4) is 6.07 Å². The first-order chi connectivity index (χ1) is 8.61. The molecule has 1 amide bonds. The number of aliphatic hydroxyl groups is 1. The topological polar surface area (TPSA) is 64.3 Å². The van der Waals surface area contributed by atoms with Gasteiger partial charge in [-0.25, -0.2) is 0 Å². The molecular weight excluding hydrogens is 275 g/mol. The number of carbonyl (C=O) groups excluding carboxylic acids is 1. The van der Waals surface area contributed by atoms with Crippen molar-refractivity contribution in [2.45, 2.75) is 12.5 Å². The number of carbonyl (C=O) groups is 1. The molecule has 1 aliphatic rings. The zero-order valence-electron chi connectivity index (χ0n) is 9.36. The van der Waals surface area contributed by atoms with Gasteiger partial charge in [-0.2, -0.15) is 5.26 Å². The quantitative estimate of drug-likeness (QED) is 0.927. The number of hydrogen-bond donors (Lipinski definition) is 1. The molecule has 6 heteroatoms. The monoisotopic (exact) mass is 284 g/mol. The zero-order chi connectivity index (χ0) is 13.3. The first-order valence-corrected chi connectivity index (χ1v) is 6.16. The largest absolute Gasteiger partial charge is 0.396 e. The van der Waals surface area contributed by atoms with Gasteiger partial charge in [0.05, 0.1) is 16.7 Å². The summed E-state index contributed by atoms with van der Waals surface area (Å²) in [6.45, 7) is 0.259. The van der Waals surface area contributed by atoms with Crippen molar-refractivity contribution in [1.29, 1.82) is 5.26 Å². The van der Waals surface area contributed by atoms with Crippen molar-refractivity contribution in [3.05, 3.63) is 33.3 Å². The Morgan fingerprint density at radius 3 is 2.67 bits per heavy atom. The highest BCUT2D eigenvalue weighted by Gasteiger charge is 2.39. The molecule has 1 aromatic carbocycles. The number of nitrogens with zero attached hydrogens (tertiary/aromatic N) is 2. The van der Waals surface area contributed by atoms with Crippen molar-refractivity contribution in [3.63, 3.8) is 0 Å². The second kappa shape index (κ2) is 5.15. The van der Waals surface area contributed by atoms with Gasteiger partial charge in [-0.3, -0.25) is 4.79 Å². The fourth-order valence-electron chi connectivity index (χ4n) is 2.07. The van der Waals surface area contributed by atoms with Gasteiger partial charge in [0.1, 0.15) is 6.04 Å². The summed E-state index contributed by atoms with van der Waals surface area (Å²) in [6, 6.07) is 4.45. The van der Waals surface area contributed by atoms with Crippen LogP contribution in [-0.4, -0.2) is 29.1 Å². The van der Waals surface area contributed by atoms with Gasteiger partial charge in [-0.15, -0.1) is 0 Å². The van der Waals surface area contributed by atoms with Crippen LogP contribution < -0.4 is 0 Å². The Labute approximate surface area is 114 Å². The van der Waals surface area contributed by atoms with E-state index in [1.54, 1.807) is 12.1 Å². The summed E-state index contributed by atoms with van der Waals surface area (Å²) in [6.07, 6.45) is 0.410. The van der Waals surface area contributed by atoms with Crippen LogP contribution in [-0.2, 0) is 0 Å². The van der Waals surface area contributed by atoms with E-state index in [-0.39, 0.29) is 12.5 Å². The predicted molar refractivity (Wildman–Crippen MR) is 67.6 cm³/mol. The summed E-state index contributed by atoms with van der Waals surface area (Å²) < 4.78 is 0. The fourth-order valence-corrected chi connectivity index (χ4v) is 2.58. The molecule has 0 radical (unpaired) electrons. The molecule has 94 valence electrons. The molecular formula is C12H10Cl2N2O2. The third kappa shape index (κ3) is 1.95. The Kier molecular flexibility index (Phi) is 3.76. The molecule has 4 nitrogen and oxygen atoms in total. The number of rotatable bonds is 3. The smallest absolute Gasteiger partial charge is 0.257 e. The summed E-state index contributed by atoms with van der Waals surface area (Å²) in [5, 5.41) is 18.7. The maximum Gasteiger partial charge on any atom is 0.257 e. The zero-order valence-corrected chi connectivity index (χ0v) is 10.9. The Bertz CT molecular complexity index is 540. The molecule has 0 spiro atoms. The third-order valence-corrected chi connectivity index (χ3v) is 3.53. The molecule has 0 aromatic heterocycles. The van der Waals surface area contributed by atoms with E-state index in [1.807, 2.05) is 0 Å². The third-order valence-electron chi connectivity index (χ3n) is 2.88. The fraction of sp³-hybridized carbons (Fsp3) is 0.333. The predicted octanol–water partition coefficient (Wildman–Crippen LogP) is 2.40. The van der Waals surface area contributed by atoms with Crippen molar-refractivity contribution in [2.75, 3.05) is 13.2 Å². The molecule has 0 fully saturated rings. The highest BCUT2D eigenvalue weighted by Crippen LogP contribution is 2.41. The van der Waals surface area contributed by atoms with Crippen LogP contribution in [0.1, 0.15) is 28.4 Å². The van der Waals surface area contributed by atoms with E-state index in [0.29, 0.717) is 34.1 Å². The molecule has 0 saturated heterocycles. The number of hydrogen-bond acceptors (Lipinski definition) is 3. The van der Waals surface area contributed by atoms with Gasteiger partial charge < -0.3 is 10.0 Å². The Morgan fingerprint density at radius 1 is 1.39 bits per heavy atom. The summed E-state index contributed by atoms with van der Waals surface area (Å²) in [7, 11) is 0. The average Bonchev–Trinajstić information content (AvgIpc) is 2.65. The van der Waals surface area contributed by atoms with Crippen LogP contribution in [0.3, 0.4) is 0 Å². The van der Waals surface area contributed by atoms with E-state index in [2.05, 4.69) is 6.07 Å². The van der Waals surface area contributed by atoms with Gasteiger partial charge in [0, 0.05) is 23.7 Å². The minimum atomic E-state index is -0.731. The van der Waals surface area contributed by atoms with Gasteiger partial charge >= 0.3 is 0 Å². The van der Waals surface area contributed by atoms with Crippen molar-refractivity contribution in [2.24, 2.45) is 0 Å². The van der Waals surface area contributed by atoms with Crippen LogP contribution in [0.2, 0.25) is 10.0 Å².